The van der Waals surface area contributed by atoms with Crippen LogP contribution in [0.4, 0.5) is 4.39 Å². The molecule has 2 unspecified atom stereocenters. The number of carboxylic acids is 1. The largest absolute Gasteiger partial charge is 0.616 e. The van der Waals surface area contributed by atoms with Gasteiger partial charge in [0.05, 0.1) is 6.67 Å². The summed E-state index contributed by atoms with van der Waals surface area (Å²) in [5, 5.41) is 7.48. The second kappa shape index (κ2) is 5.37. The van der Waals surface area contributed by atoms with Crippen LogP contribution in [0.5, 0.6) is 0 Å². The Hall–Kier alpha value is -0.290. The fourth-order valence-electron chi connectivity index (χ4n) is 0.486. The van der Waals surface area contributed by atoms with Crippen LogP contribution in [0, 0.1) is 0 Å². The number of alkyl halides is 1. The minimum Gasteiger partial charge on any atom is -0.616 e. The molecule has 11 heavy (non-hydrogen) atoms. The second-order valence-electron chi connectivity index (χ2n) is 2.11. The van der Waals surface area contributed by atoms with Crippen LogP contribution < -0.4 is 0 Å². The van der Waals surface area contributed by atoms with Gasteiger partial charge in [0.15, 0.2) is 0 Å². The van der Waals surface area contributed by atoms with Crippen molar-refractivity contribution >= 4 is 17.1 Å². The van der Waals surface area contributed by atoms with Crippen molar-refractivity contribution < 1.29 is 18.8 Å². The van der Waals surface area contributed by atoms with Crippen LogP contribution in [-0.4, -0.2) is 33.3 Å². The molecule has 0 radical (unpaired) electrons. The standard InChI is InChI=1S/C6H11FO3S/c1-5(6(8)9)11(10)4-2-3-7/h5H,2-4H2,1H3,(H,8,9). The van der Waals surface area contributed by atoms with Gasteiger partial charge in [0.25, 0.3) is 0 Å². The van der Waals surface area contributed by atoms with Gasteiger partial charge < -0.3 is 9.66 Å². The Kier molecular flexibility index (Phi) is 5.23. The highest BCUT2D eigenvalue weighted by Crippen LogP contribution is 2.03. The molecule has 0 aliphatic rings. The molecule has 2 atom stereocenters. The van der Waals surface area contributed by atoms with Gasteiger partial charge in [-0.3, -0.25) is 4.39 Å². The molecule has 0 heterocycles. The minimum atomic E-state index is -1.43. The Morgan fingerprint density at radius 2 is 2.36 bits per heavy atom. The monoisotopic (exact) mass is 182 g/mol. The van der Waals surface area contributed by atoms with E-state index in [1.807, 2.05) is 0 Å². The first-order chi connectivity index (χ1) is 5.09. The van der Waals surface area contributed by atoms with Crippen molar-refractivity contribution in [3.63, 3.8) is 0 Å². The van der Waals surface area contributed by atoms with Gasteiger partial charge >= 0.3 is 5.97 Å². The lowest BCUT2D eigenvalue weighted by molar-refractivity contribution is -0.136. The number of hydrogen-bond acceptors (Lipinski definition) is 2. The van der Waals surface area contributed by atoms with Crippen molar-refractivity contribution in [2.45, 2.75) is 18.6 Å². The Bertz CT molecular complexity index is 131. The molecule has 0 aromatic heterocycles. The highest BCUT2D eigenvalue weighted by molar-refractivity contribution is 7.92. The van der Waals surface area contributed by atoms with E-state index < -0.39 is 29.1 Å². The van der Waals surface area contributed by atoms with E-state index in [1.54, 1.807) is 0 Å². The number of hydrogen-bond donors (Lipinski definition) is 1. The molecule has 0 saturated heterocycles. The molecule has 3 nitrogen and oxygen atoms in total. The summed E-state index contributed by atoms with van der Waals surface area (Å²) < 4.78 is 22.4. The van der Waals surface area contributed by atoms with Gasteiger partial charge in [-0.15, -0.1) is 0 Å². The summed E-state index contributed by atoms with van der Waals surface area (Å²) in [6.07, 6.45) is 0.171. The van der Waals surface area contributed by atoms with Crippen molar-refractivity contribution in [3.05, 3.63) is 0 Å². The molecule has 0 aromatic carbocycles. The average Bonchev–Trinajstić information content (AvgIpc) is 1.98. The predicted molar refractivity (Wildman–Crippen MR) is 40.7 cm³/mol. The predicted octanol–water partition coefficient (Wildman–Crippen LogP) is 0.568. The van der Waals surface area contributed by atoms with E-state index in [0.29, 0.717) is 0 Å². The van der Waals surface area contributed by atoms with Crippen LogP contribution in [0.3, 0.4) is 0 Å². The smallest absolute Gasteiger partial charge is 0.356 e. The van der Waals surface area contributed by atoms with Crippen LogP contribution in [-0.2, 0) is 16.0 Å². The van der Waals surface area contributed by atoms with Gasteiger partial charge in [0.2, 0.25) is 5.25 Å². The van der Waals surface area contributed by atoms with Crippen molar-refractivity contribution in [2.75, 3.05) is 12.4 Å². The SMILES string of the molecule is CC(C(=O)O)[S+]([O-])CCCF. The van der Waals surface area contributed by atoms with Crippen LogP contribution >= 0.6 is 0 Å². The molecule has 0 saturated carbocycles. The zero-order valence-corrected chi connectivity index (χ0v) is 7.07. The number of carbonyl (C=O) groups is 1. The Labute approximate surface area is 67.8 Å². The molecule has 0 spiro atoms. The molecule has 66 valence electrons. The first-order valence-corrected chi connectivity index (χ1v) is 4.63. The summed E-state index contributed by atoms with van der Waals surface area (Å²) >= 11 is -1.43. The highest BCUT2D eigenvalue weighted by atomic mass is 32.2. The van der Waals surface area contributed by atoms with Crippen molar-refractivity contribution in [2.24, 2.45) is 0 Å². The first kappa shape index (κ1) is 10.7. The zero-order chi connectivity index (χ0) is 8.85. The van der Waals surface area contributed by atoms with Crippen molar-refractivity contribution in [1.29, 1.82) is 0 Å². The first-order valence-electron chi connectivity index (χ1n) is 3.25. The van der Waals surface area contributed by atoms with Gasteiger partial charge in [0, 0.05) is 6.42 Å². The molecule has 0 rings (SSSR count). The van der Waals surface area contributed by atoms with Gasteiger partial charge in [0.1, 0.15) is 5.75 Å². The molecule has 5 heteroatoms. The second-order valence-corrected chi connectivity index (χ2v) is 3.98. The van der Waals surface area contributed by atoms with Crippen LogP contribution in [0.25, 0.3) is 0 Å². The van der Waals surface area contributed by atoms with Gasteiger partial charge in [-0.05, 0) is 18.1 Å². The molecule has 0 aliphatic heterocycles. The Morgan fingerprint density at radius 3 is 2.73 bits per heavy atom. The average molecular weight is 182 g/mol. The van der Waals surface area contributed by atoms with Crippen LogP contribution in [0.2, 0.25) is 0 Å². The summed E-state index contributed by atoms with van der Waals surface area (Å²) in [4.78, 5) is 10.2. The quantitative estimate of drug-likeness (QED) is 0.632. The van der Waals surface area contributed by atoms with E-state index >= 15 is 0 Å². The van der Waals surface area contributed by atoms with E-state index in [4.69, 9.17) is 5.11 Å². The summed E-state index contributed by atoms with van der Waals surface area (Å²) in [6, 6.07) is 0. The number of rotatable bonds is 5. The molecule has 0 aromatic rings. The minimum absolute atomic E-state index is 0.129. The lowest BCUT2D eigenvalue weighted by atomic mass is 10.5. The topological polar surface area (TPSA) is 60.4 Å². The maximum Gasteiger partial charge on any atom is 0.356 e. The molecule has 0 amide bonds. The van der Waals surface area contributed by atoms with E-state index in [0.717, 1.165) is 0 Å². The van der Waals surface area contributed by atoms with E-state index in [9.17, 15) is 13.7 Å². The third-order valence-corrected chi connectivity index (χ3v) is 2.90. The molecule has 1 N–H and O–H groups in total. The maximum atomic E-state index is 11.5. The molecular weight excluding hydrogens is 171 g/mol. The summed E-state index contributed by atoms with van der Waals surface area (Å²) in [7, 11) is 0. The van der Waals surface area contributed by atoms with Crippen LogP contribution in [0.1, 0.15) is 13.3 Å². The summed E-state index contributed by atoms with van der Waals surface area (Å²) in [5.74, 6) is -0.966. The van der Waals surface area contributed by atoms with Crippen molar-refractivity contribution in [1.82, 2.24) is 0 Å². The lowest BCUT2D eigenvalue weighted by Crippen LogP contribution is -2.29. The van der Waals surface area contributed by atoms with Crippen LogP contribution in [0.15, 0.2) is 0 Å². The molecule has 0 bridgehead atoms. The third-order valence-electron chi connectivity index (χ3n) is 1.22. The maximum absolute atomic E-state index is 11.5. The fourth-order valence-corrected chi connectivity index (χ4v) is 1.46. The molecular formula is C6H11FO3S. The zero-order valence-electron chi connectivity index (χ0n) is 6.25. The van der Waals surface area contributed by atoms with E-state index in [2.05, 4.69) is 0 Å². The fraction of sp³-hybridized carbons (Fsp3) is 0.833. The summed E-state index contributed by atoms with van der Waals surface area (Å²) in [5.41, 5.74) is 0. The van der Waals surface area contributed by atoms with Gasteiger partial charge in [-0.25, -0.2) is 4.79 Å². The Balaban J connectivity index is 3.63. The van der Waals surface area contributed by atoms with Gasteiger partial charge in [-0.2, -0.15) is 0 Å². The number of carboxylic acid groups (broad SMARTS) is 1. The lowest BCUT2D eigenvalue weighted by Gasteiger charge is -2.13. The number of aliphatic carboxylic acids is 1. The highest BCUT2D eigenvalue weighted by Gasteiger charge is 2.23. The van der Waals surface area contributed by atoms with E-state index in [-0.39, 0.29) is 12.2 Å². The van der Waals surface area contributed by atoms with Crippen molar-refractivity contribution in [3.8, 4) is 0 Å². The number of halogens is 1. The van der Waals surface area contributed by atoms with Gasteiger partial charge in [-0.1, -0.05) is 0 Å². The molecule has 0 aliphatic carbocycles. The Morgan fingerprint density at radius 1 is 1.82 bits per heavy atom. The summed E-state index contributed by atoms with van der Waals surface area (Å²) in [6.45, 7) is 0.814. The normalized spacial score (nSPS) is 15.9. The third kappa shape index (κ3) is 4.21. The molecule has 0 fully saturated rings. The van der Waals surface area contributed by atoms with E-state index in [1.165, 1.54) is 6.92 Å².